The standard InChI is InChI=1S/C25H30ClFN2O3/c1-25(2,3)32-24(31)29-13-11-17(12-14-29)15-22(18-7-5-4-6-8-18)28-23(30)19-9-10-20(26)21(27)16-19/h4-10,16-17,22H,11-15H2,1-3H3,(H,28,30). The third-order valence-corrected chi connectivity index (χ3v) is 5.83. The number of hydrogen-bond acceptors (Lipinski definition) is 3. The predicted octanol–water partition coefficient (Wildman–Crippen LogP) is 5.99. The Balaban J connectivity index is 1.65. The van der Waals surface area contributed by atoms with Crippen molar-refractivity contribution in [3.63, 3.8) is 0 Å². The van der Waals surface area contributed by atoms with Gasteiger partial charge in [-0.2, -0.15) is 0 Å². The summed E-state index contributed by atoms with van der Waals surface area (Å²) in [4.78, 5) is 26.9. The Morgan fingerprint density at radius 2 is 1.81 bits per heavy atom. The van der Waals surface area contributed by atoms with Gasteiger partial charge in [-0.15, -0.1) is 0 Å². The molecule has 3 rings (SSSR count). The molecule has 1 fully saturated rings. The fourth-order valence-corrected chi connectivity index (χ4v) is 3.97. The molecule has 7 heteroatoms. The average Bonchev–Trinajstić information content (AvgIpc) is 2.75. The highest BCUT2D eigenvalue weighted by molar-refractivity contribution is 6.30. The molecule has 0 saturated carbocycles. The maximum Gasteiger partial charge on any atom is 0.410 e. The van der Waals surface area contributed by atoms with Crippen molar-refractivity contribution in [3.05, 3.63) is 70.5 Å². The van der Waals surface area contributed by atoms with Gasteiger partial charge in [-0.3, -0.25) is 4.79 Å². The molecular formula is C25H30ClFN2O3. The zero-order valence-electron chi connectivity index (χ0n) is 18.7. The maximum atomic E-state index is 13.8. The van der Waals surface area contributed by atoms with E-state index in [9.17, 15) is 14.0 Å². The largest absolute Gasteiger partial charge is 0.444 e. The van der Waals surface area contributed by atoms with Crippen molar-refractivity contribution >= 4 is 23.6 Å². The van der Waals surface area contributed by atoms with Crippen molar-refractivity contribution in [1.29, 1.82) is 0 Å². The Morgan fingerprint density at radius 1 is 1.16 bits per heavy atom. The van der Waals surface area contributed by atoms with Crippen LogP contribution >= 0.6 is 11.6 Å². The number of ether oxygens (including phenoxy) is 1. The van der Waals surface area contributed by atoms with Gasteiger partial charge < -0.3 is 15.0 Å². The molecular weight excluding hydrogens is 431 g/mol. The van der Waals surface area contributed by atoms with Crippen molar-refractivity contribution in [3.8, 4) is 0 Å². The van der Waals surface area contributed by atoms with E-state index < -0.39 is 11.4 Å². The van der Waals surface area contributed by atoms with E-state index in [0.717, 1.165) is 30.9 Å². The lowest BCUT2D eigenvalue weighted by molar-refractivity contribution is 0.0178. The molecule has 1 N–H and O–H groups in total. The molecule has 1 aliphatic heterocycles. The van der Waals surface area contributed by atoms with Crippen LogP contribution in [0.5, 0.6) is 0 Å². The van der Waals surface area contributed by atoms with Crippen molar-refractivity contribution in [1.82, 2.24) is 10.2 Å². The van der Waals surface area contributed by atoms with Crippen molar-refractivity contribution < 1.29 is 18.7 Å². The minimum atomic E-state index is -0.620. The summed E-state index contributed by atoms with van der Waals surface area (Å²) in [6.07, 6.45) is 2.10. The number of carbonyl (C=O) groups excluding carboxylic acids is 2. The van der Waals surface area contributed by atoms with Crippen molar-refractivity contribution in [2.24, 2.45) is 5.92 Å². The van der Waals surface area contributed by atoms with E-state index in [1.165, 1.54) is 12.1 Å². The zero-order chi connectivity index (χ0) is 23.3. The van der Waals surface area contributed by atoms with Crippen LogP contribution in [0.4, 0.5) is 9.18 Å². The number of carbonyl (C=O) groups is 2. The minimum absolute atomic E-state index is 0.0158. The van der Waals surface area contributed by atoms with Crippen LogP contribution in [0, 0.1) is 11.7 Å². The van der Waals surface area contributed by atoms with Crippen LogP contribution in [0.1, 0.15) is 62.0 Å². The number of benzene rings is 2. The van der Waals surface area contributed by atoms with E-state index in [-0.39, 0.29) is 28.6 Å². The van der Waals surface area contributed by atoms with E-state index >= 15 is 0 Å². The molecule has 0 aromatic heterocycles. The number of likely N-dealkylation sites (tertiary alicyclic amines) is 1. The van der Waals surface area contributed by atoms with E-state index in [1.807, 2.05) is 51.1 Å². The third kappa shape index (κ3) is 6.70. The number of hydrogen-bond donors (Lipinski definition) is 1. The molecule has 32 heavy (non-hydrogen) atoms. The predicted molar refractivity (Wildman–Crippen MR) is 123 cm³/mol. The Hall–Kier alpha value is -2.60. The van der Waals surface area contributed by atoms with Gasteiger partial charge in [0.25, 0.3) is 5.91 Å². The fourth-order valence-electron chi connectivity index (χ4n) is 3.85. The summed E-state index contributed by atoms with van der Waals surface area (Å²) < 4.78 is 19.3. The lowest BCUT2D eigenvalue weighted by Crippen LogP contribution is -2.42. The Labute approximate surface area is 193 Å². The van der Waals surface area contributed by atoms with Crippen LogP contribution in [-0.2, 0) is 4.74 Å². The van der Waals surface area contributed by atoms with Crippen LogP contribution < -0.4 is 5.32 Å². The summed E-state index contributed by atoms with van der Waals surface area (Å²) in [6, 6.07) is 13.6. The molecule has 172 valence electrons. The summed E-state index contributed by atoms with van der Waals surface area (Å²) in [7, 11) is 0. The number of halogens is 2. The average molecular weight is 461 g/mol. The van der Waals surface area contributed by atoms with E-state index in [0.29, 0.717) is 19.0 Å². The topological polar surface area (TPSA) is 58.6 Å². The summed E-state index contributed by atoms with van der Waals surface area (Å²) >= 11 is 5.74. The van der Waals surface area contributed by atoms with Gasteiger partial charge in [0.15, 0.2) is 0 Å². The molecule has 0 radical (unpaired) electrons. The molecule has 0 aliphatic carbocycles. The quantitative estimate of drug-likeness (QED) is 0.596. The molecule has 1 atom stereocenters. The lowest BCUT2D eigenvalue weighted by atomic mass is 9.87. The lowest BCUT2D eigenvalue weighted by Gasteiger charge is -2.35. The smallest absolute Gasteiger partial charge is 0.410 e. The molecule has 1 aliphatic rings. The fraction of sp³-hybridized carbons (Fsp3) is 0.440. The highest BCUT2D eigenvalue weighted by Crippen LogP contribution is 2.29. The molecule has 1 saturated heterocycles. The number of rotatable bonds is 5. The number of nitrogens with zero attached hydrogens (tertiary/aromatic N) is 1. The molecule has 1 unspecified atom stereocenters. The summed E-state index contributed by atoms with van der Waals surface area (Å²) in [6.45, 7) is 6.82. The van der Waals surface area contributed by atoms with Gasteiger partial charge in [-0.1, -0.05) is 41.9 Å². The normalized spacial score (nSPS) is 15.8. The van der Waals surface area contributed by atoms with Crippen LogP contribution in [0.25, 0.3) is 0 Å². The van der Waals surface area contributed by atoms with Crippen LogP contribution in [0.3, 0.4) is 0 Å². The zero-order valence-corrected chi connectivity index (χ0v) is 19.5. The van der Waals surface area contributed by atoms with Crippen LogP contribution in [-0.4, -0.2) is 35.6 Å². The van der Waals surface area contributed by atoms with Gasteiger partial charge in [-0.25, -0.2) is 9.18 Å². The van der Waals surface area contributed by atoms with E-state index in [1.54, 1.807) is 4.90 Å². The molecule has 2 amide bonds. The van der Waals surface area contributed by atoms with E-state index in [2.05, 4.69) is 5.32 Å². The summed E-state index contributed by atoms with van der Waals surface area (Å²) in [5, 5.41) is 3.04. The first-order chi connectivity index (χ1) is 15.1. The van der Waals surface area contributed by atoms with Crippen molar-refractivity contribution in [2.45, 2.75) is 51.7 Å². The Morgan fingerprint density at radius 3 is 2.41 bits per heavy atom. The van der Waals surface area contributed by atoms with Gasteiger partial charge in [0, 0.05) is 18.7 Å². The first-order valence-corrected chi connectivity index (χ1v) is 11.3. The van der Waals surface area contributed by atoms with Crippen molar-refractivity contribution in [2.75, 3.05) is 13.1 Å². The van der Waals surface area contributed by atoms with Crippen LogP contribution in [0.2, 0.25) is 5.02 Å². The van der Waals surface area contributed by atoms with Crippen LogP contribution in [0.15, 0.2) is 48.5 Å². The SMILES string of the molecule is CC(C)(C)OC(=O)N1CCC(CC(NC(=O)c2ccc(Cl)c(F)c2)c2ccccc2)CC1. The monoisotopic (exact) mass is 460 g/mol. The molecule has 2 aromatic carbocycles. The summed E-state index contributed by atoms with van der Waals surface area (Å²) in [5.74, 6) is -0.633. The van der Waals surface area contributed by atoms with E-state index in [4.69, 9.17) is 16.3 Å². The highest BCUT2D eigenvalue weighted by atomic mass is 35.5. The second-order valence-corrected chi connectivity index (χ2v) is 9.62. The second-order valence-electron chi connectivity index (χ2n) is 9.21. The minimum Gasteiger partial charge on any atom is -0.444 e. The number of amides is 2. The van der Waals surface area contributed by atoms with Gasteiger partial charge in [0.2, 0.25) is 0 Å². The Bertz CT molecular complexity index is 938. The number of piperidine rings is 1. The highest BCUT2D eigenvalue weighted by Gasteiger charge is 2.29. The third-order valence-electron chi connectivity index (χ3n) is 5.52. The van der Waals surface area contributed by atoms with Gasteiger partial charge in [0.05, 0.1) is 11.1 Å². The maximum absolute atomic E-state index is 13.8. The van der Waals surface area contributed by atoms with Gasteiger partial charge in [-0.05, 0) is 69.7 Å². The second kappa shape index (κ2) is 10.3. The number of nitrogens with one attached hydrogen (secondary N) is 1. The van der Waals surface area contributed by atoms with Gasteiger partial charge in [0.1, 0.15) is 11.4 Å². The van der Waals surface area contributed by atoms with Gasteiger partial charge >= 0.3 is 6.09 Å². The molecule has 0 spiro atoms. The first kappa shape index (κ1) is 24.1. The molecule has 5 nitrogen and oxygen atoms in total. The summed E-state index contributed by atoms with van der Waals surface area (Å²) in [5.41, 5.74) is 0.704. The first-order valence-electron chi connectivity index (χ1n) is 10.9. The molecule has 1 heterocycles. The molecule has 2 aromatic rings. The molecule has 0 bridgehead atoms. The Kier molecular flexibility index (Phi) is 7.77.